The lowest BCUT2D eigenvalue weighted by Gasteiger charge is -2.25. The summed E-state index contributed by atoms with van der Waals surface area (Å²) in [5.41, 5.74) is 0. The summed E-state index contributed by atoms with van der Waals surface area (Å²) in [5, 5.41) is 0. The minimum absolute atomic E-state index is 0.898. The van der Waals surface area contributed by atoms with Crippen molar-refractivity contribution in [2.75, 3.05) is 0 Å². The van der Waals surface area contributed by atoms with Crippen LogP contribution in [0, 0.1) is 29.6 Å². The van der Waals surface area contributed by atoms with E-state index in [-0.39, 0.29) is 0 Å². The van der Waals surface area contributed by atoms with Crippen LogP contribution >= 0.6 is 0 Å². The van der Waals surface area contributed by atoms with Gasteiger partial charge in [-0.25, -0.2) is 0 Å². The van der Waals surface area contributed by atoms with Gasteiger partial charge in [-0.3, -0.25) is 0 Å². The Labute approximate surface area is 122 Å². The van der Waals surface area contributed by atoms with E-state index in [1.807, 2.05) is 0 Å². The molecule has 1 rings (SSSR count). The molecule has 114 valence electrons. The predicted molar refractivity (Wildman–Crippen MR) is 87.4 cm³/mol. The average molecular weight is 267 g/mol. The Hall–Kier alpha value is 0. The lowest BCUT2D eigenvalue weighted by Crippen LogP contribution is -2.16. The Balaban J connectivity index is 2.03. The Morgan fingerprint density at radius 2 is 1.42 bits per heavy atom. The molecule has 0 radical (unpaired) electrons. The molecule has 0 N–H and O–H groups in total. The standard InChI is InChI=1S/C19H38/c1-6-15(3)17(5)16(4)11-9-8-10-12-18(7-2)19-13-14-19/h15-19H,6-14H2,1-5H3. The summed E-state index contributed by atoms with van der Waals surface area (Å²) < 4.78 is 0. The van der Waals surface area contributed by atoms with E-state index >= 15 is 0 Å². The van der Waals surface area contributed by atoms with Crippen LogP contribution in [0.5, 0.6) is 0 Å². The molecule has 0 heterocycles. The van der Waals surface area contributed by atoms with Gasteiger partial charge in [0.1, 0.15) is 0 Å². The first-order chi connectivity index (χ1) is 9.10. The van der Waals surface area contributed by atoms with Gasteiger partial charge in [0.2, 0.25) is 0 Å². The highest BCUT2D eigenvalue weighted by molar-refractivity contribution is 4.80. The summed E-state index contributed by atoms with van der Waals surface area (Å²) in [5.74, 6) is 4.90. The van der Waals surface area contributed by atoms with E-state index in [9.17, 15) is 0 Å². The topological polar surface area (TPSA) is 0 Å². The van der Waals surface area contributed by atoms with Crippen LogP contribution in [0.2, 0.25) is 0 Å². The number of rotatable bonds is 11. The summed E-state index contributed by atoms with van der Waals surface area (Å²) in [6, 6.07) is 0. The Morgan fingerprint density at radius 1 is 0.789 bits per heavy atom. The van der Waals surface area contributed by atoms with Crippen molar-refractivity contribution in [2.45, 2.75) is 92.4 Å². The Bertz CT molecular complexity index is 216. The zero-order valence-corrected chi connectivity index (χ0v) is 14.3. The molecule has 1 aliphatic carbocycles. The second kappa shape index (κ2) is 9.03. The van der Waals surface area contributed by atoms with E-state index in [0.717, 1.165) is 29.6 Å². The van der Waals surface area contributed by atoms with Gasteiger partial charge in [-0.2, -0.15) is 0 Å². The molecule has 1 aliphatic rings. The quantitative estimate of drug-likeness (QED) is 0.365. The van der Waals surface area contributed by atoms with Crippen LogP contribution in [0.4, 0.5) is 0 Å². The second-order valence-electron chi connectivity index (χ2n) is 7.37. The molecule has 0 aliphatic heterocycles. The molecular formula is C19H38. The van der Waals surface area contributed by atoms with Crippen molar-refractivity contribution in [1.29, 1.82) is 0 Å². The number of hydrogen-bond donors (Lipinski definition) is 0. The first-order valence-electron chi connectivity index (χ1n) is 9.10. The second-order valence-corrected chi connectivity index (χ2v) is 7.37. The zero-order valence-electron chi connectivity index (χ0n) is 14.3. The monoisotopic (exact) mass is 266 g/mol. The molecule has 4 unspecified atom stereocenters. The van der Waals surface area contributed by atoms with Crippen LogP contribution in [0.25, 0.3) is 0 Å². The highest BCUT2D eigenvalue weighted by Crippen LogP contribution is 2.41. The third-order valence-electron chi connectivity index (χ3n) is 5.99. The maximum absolute atomic E-state index is 2.47. The van der Waals surface area contributed by atoms with Gasteiger partial charge in [-0.15, -0.1) is 0 Å². The molecule has 0 bridgehead atoms. The van der Waals surface area contributed by atoms with Crippen molar-refractivity contribution >= 4 is 0 Å². The smallest absolute Gasteiger partial charge is 0.0386 e. The summed E-state index contributed by atoms with van der Waals surface area (Å²) in [6.07, 6.45) is 13.2. The third kappa shape index (κ3) is 6.32. The van der Waals surface area contributed by atoms with Gasteiger partial charge in [-0.1, -0.05) is 79.6 Å². The number of unbranched alkanes of at least 4 members (excludes halogenated alkanes) is 2. The molecule has 0 heteroatoms. The molecule has 4 atom stereocenters. The molecule has 19 heavy (non-hydrogen) atoms. The summed E-state index contributed by atoms with van der Waals surface area (Å²) in [6.45, 7) is 12.1. The molecule has 0 aromatic carbocycles. The van der Waals surface area contributed by atoms with E-state index in [0.29, 0.717) is 0 Å². The van der Waals surface area contributed by atoms with Crippen LogP contribution in [0.1, 0.15) is 92.4 Å². The van der Waals surface area contributed by atoms with E-state index < -0.39 is 0 Å². The summed E-state index contributed by atoms with van der Waals surface area (Å²) in [4.78, 5) is 0. The van der Waals surface area contributed by atoms with E-state index in [4.69, 9.17) is 0 Å². The SMILES string of the molecule is CCC(C)C(C)C(C)CCCCCC(CC)C1CC1. The van der Waals surface area contributed by atoms with Gasteiger partial charge in [0, 0.05) is 0 Å². The van der Waals surface area contributed by atoms with Gasteiger partial charge in [0.05, 0.1) is 0 Å². The van der Waals surface area contributed by atoms with Gasteiger partial charge in [0.15, 0.2) is 0 Å². The van der Waals surface area contributed by atoms with Crippen LogP contribution in [-0.2, 0) is 0 Å². The van der Waals surface area contributed by atoms with E-state index in [1.165, 1.54) is 57.8 Å². The fourth-order valence-corrected chi connectivity index (χ4v) is 3.59. The van der Waals surface area contributed by atoms with Gasteiger partial charge in [0.25, 0.3) is 0 Å². The van der Waals surface area contributed by atoms with Crippen LogP contribution in [-0.4, -0.2) is 0 Å². The Kier molecular flexibility index (Phi) is 8.11. The summed E-state index contributed by atoms with van der Waals surface area (Å²) >= 11 is 0. The van der Waals surface area contributed by atoms with E-state index in [1.54, 1.807) is 0 Å². The fourth-order valence-electron chi connectivity index (χ4n) is 3.59. The lowest BCUT2D eigenvalue weighted by atomic mass is 9.81. The van der Waals surface area contributed by atoms with Crippen molar-refractivity contribution < 1.29 is 0 Å². The number of hydrogen-bond acceptors (Lipinski definition) is 0. The molecule has 0 saturated heterocycles. The van der Waals surface area contributed by atoms with Crippen molar-refractivity contribution in [2.24, 2.45) is 29.6 Å². The van der Waals surface area contributed by atoms with Crippen molar-refractivity contribution in [3.05, 3.63) is 0 Å². The van der Waals surface area contributed by atoms with Crippen LogP contribution in [0.15, 0.2) is 0 Å². The van der Waals surface area contributed by atoms with Crippen LogP contribution in [0.3, 0.4) is 0 Å². The molecule has 0 spiro atoms. The van der Waals surface area contributed by atoms with Crippen molar-refractivity contribution in [3.63, 3.8) is 0 Å². The van der Waals surface area contributed by atoms with Gasteiger partial charge in [-0.05, 0) is 42.4 Å². The third-order valence-corrected chi connectivity index (χ3v) is 5.99. The highest BCUT2D eigenvalue weighted by Gasteiger charge is 2.29. The normalized spacial score (nSPS) is 21.9. The van der Waals surface area contributed by atoms with Gasteiger partial charge >= 0.3 is 0 Å². The van der Waals surface area contributed by atoms with Crippen LogP contribution < -0.4 is 0 Å². The summed E-state index contributed by atoms with van der Waals surface area (Å²) in [7, 11) is 0. The minimum atomic E-state index is 0.898. The van der Waals surface area contributed by atoms with E-state index in [2.05, 4.69) is 34.6 Å². The minimum Gasteiger partial charge on any atom is -0.0651 e. The fraction of sp³-hybridized carbons (Fsp3) is 1.00. The molecule has 1 saturated carbocycles. The lowest BCUT2D eigenvalue weighted by molar-refractivity contribution is 0.254. The van der Waals surface area contributed by atoms with Crippen molar-refractivity contribution in [3.8, 4) is 0 Å². The molecule has 0 aromatic heterocycles. The molecule has 0 aromatic rings. The first-order valence-corrected chi connectivity index (χ1v) is 9.10. The molecule has 0 nitrogen and oxygen atoms in total. The largest absolute Gasteiger partial charge is 0.0651 e. The average Bonchev–Trinajstić information content (AvgIpc) is 3.25. The highest BCUT2D eigenvalue weighted by atomic mass is 14.3. The van der Waals surface area contributed by atoms with Gasteiger partial charge < -0.3 is 0 Å². The maximum atomic E-state index is 2.47. The Morgan fingerprint density at radius 3 is 1.95 bits per heavy atom. The first kappa shape index (κ1) is 17.1. The maximum Gasteiger partial charge on any atom is -0.0386 e. The molecular weight excluding hydrogens is 228 g/mol. The molecule has 0 amide bonds. The molecule has 1 fully saturated rings. The zero-order chi connectivity index (χ0) is 14.3. The van der Waals surface area contributed by atoms with Crippen molar-refractivity contribution in [1.82, 2.24) is 0 Å². The predicted octanol–water partition coefficient (Wildman–Crippen LogP) is 6.69.